The van der Waals surface area contributed by atoms with E-state index in [0.717, 1.165) is 22.0 Å². The number of aromatic amines is 1. The first kappa shape index (κ1) is 14.3. The molecule has 0 atom stereocenters. The molecular weight excluding hydrogens is 298 g/mol. The zero-order chi connectivity index (χ0) is 16.4. The van der Waals surface area contributed by atoms with Crippen LogP contribution in [0.1, 0.15) is 0 Å². The van der Waals surface area contributed by atoms with E-state index in [9.17, 15) is 4.79 Å². The number of aromatic nitrogens is 1. The average Bonchev–Trinajstić information content (AvgIpc) is 2.63. The van der Waals surface area contributed by atoms with Crippen LogP contribution in [0.15, 0.2) is 89.7 Å². The third-order valence-corrected chi connectivity index (χ3v) is 3.90. The van der Waals surface area contributed by atoms with Gasteiger partial charge in [0.1, 0.15) is 11.5 Å². The molecule has 1 heterocycles. The summed E-state index contributed by atoms with van der Waals surface area (Å²) in [5.74, 6) is 1.26. The summed E-state index contributed by atoms with van der Waals surface area (Å²) in [6.07, 6.45) is 0. The molecule has 0 spiro atoms. The second kappa shape index (κ2) is 6.05. The fourth-order valence-electron chi connectivity index (χ4n) is 2.73. The van der Waals surface area contributed by atoms with Crippen LogP contribution in [-0.2, 0) is 0 Å². The highest BCUT2D eigenvalue weighted by Gasteiger charge is 2.06. The van der Waals surface area contributed by atoms with Gasteiger partial charge in [-0.25, -0.2) is 0 Å². The molecule has 0 aliphatic heterocycles. The first-order chi connectivity index (χ1) is 11.8. The molecule has 3 aromatic carbocycles. The largest absolute Gasteiger partial charge is 0.456 e. The van der Waals surface area contributed by atoms with Crippen molar-refractivity contribution in [2.24, 2.45) is 0 Å². The number of para-hydroxylation sites is 1. The summed E-state index contributed by atoms with van der Waals surface area (Å²) in [4.78, 5) is 14.6. The molecule has 4 aromatic rings. The fourth-order valence-corrected chi connectivity index (χ4v) is 2.73. The quantitative estimate of drug-likeness (QED) is 0.579. The summed E-state index contributed by atoms with van der Waals surface area (Å²) in [6.45, 7) is 0. The number of ether oxygens (including phenoxy) is 1. The Balaban J connectivity index is 1.68. The summed E-state index contributed by atoms with van der Waals surface area (Å²) in [5, 5.41) is 0.879. The predicted octanol–water partition coefficient (Wildman–Crippen LogP) is 4.99. The Labute approximate surface area is 139 Å². The van der Waals surface area contributed by atoms with Gasteiger partial charge in [-0.2, -0.15) is 0 Å². The summed E-state index contributed by atoms with van der Waals surface area (Å²) in [6, 6.07) is 27.1. The molecule has 3 nitrogen and oxygen atoms in total. The van der Waals surface area contributed by atoms with Gasteiger partial charge in [0.05, 0.1) is 5.52 Å². The number of benzene rings is 3. The maximum Gasteiger partial charge on any atom is 0.252 e. The minimum Gasteiger partial charge on any atom is -0.456 e. The summed E-state index contributed by atoms with van der Waals surface area (Å²) < 4.78 is 5.94. The topological polar surface area (TPSA) is 42.1 Å². The second-order valence-corrected chi connectivity index (χ2v) is 5.54. The van der Waals surface area contributed by atoms with Crippen LogP contribution >= 0.6 is 0 Å². The lowest BCUT2D eigenvalue weighted by molar-refractivity contribution is 0.487. The molecule has 0 saturated carbocycles. The smallest absolute Gasteiger partial charge is 0.252 e. The maximum absolute atomic E-state index is 11.8. The van der Waals surface area contributed by atoms with Crippen molar-refractivity contribution in [2.75, 3.05) is 0 Å². The van der Waals surface area contributed by atoms with Gasteiger partial charge in [0.15, 0.2) is 0 Å². The Bertz CT molecular complexity index is 1030. The molecular formula is C21H15NO2. The van der Waals surface area contributed by atoms with Gasteiger partial charge >= 0.3 is 0 Å². The molecule has 0 saturated heterocycles. The third kappa shape index (κ3) is 2.79. The van der Waals surface area contributed by atoms with Crippen molar-refractivity contribution >= 4 is 10.9 Å². The van der Waals surface area contributed by atoms with E-state index in [4.69, 9.17) is 4.74 Å². The molecule has 0 unspecified atom stereocenters. The van der Waals surface area contributed by atoms with E-state index in [1.165, 1.54) is 6.07 Å². The minimum atomic E-state index is -0.176. The molecule has 0 bridgehead atoms. The van der Waals surface area contributed by atoms with Crippen LogP contribution in [0.25, 0.3) is 22.0 Å². The lowest BCUT2D eigenvalue weighted by atomic mass is 10.1. The SMILES string of the molecule is O=c1cc(Oc2ccc(-c3ccccc3)cc2)c2ccccc2[nH]1. The number of hydrogen-bond donors (Lipinski definition) is 1. The van der Waals surface area contributed by atoms with E-state index in [-0.39, 0.29) is 5.56 Å². The maximum atomic E-state index is 11.8. The van der Waals surface area contributed by atoms with Crippen LogP contribution in [0.5, 0.6) is 11.5 Å². The van der Waals surface area contributed by atoms with Crippen molar-refractivity contribution in [1.29, 1.82) is 0 Å². The summed E-state index contributed by atoms with van der Waals surface area (Å²) in [7, 11) is 0. The zero-order valence-electron chi connectivity index (χ0n) is 12.9. The van der Waals surface area contributed by atoms with E-state index >= 15 is 0 Å². The van der Waals surface area contributed by atoms with Crippen molar-refractivity contribution in [2.45, 2.75) is 0 Å². The molecule has 0 fully saturated rings. The summed E-state index contributed by atoms with van der Waals surface area (Å²) in [5.41, 5.74) is 2.87. The lowest BCUT2D eigenvalue weighted by Crippen LogP contribution is -2.04. The van der Waals surface area contributed by atoms with E-state index in [1.54, 1.807) is 0 Å². The first-order valence-electron chi connectivity index (χ1n) is 7.75. The van der Waals surface area contributed by atoms with E-state index in [2.05, 4.69) is 17.1 Å². The molecule has 0 amide bonds. The highest BCUT2D eigenvalue weighted by atomic mass is 16.5. The van der Waals surface area contributed by atoms with Crippen molar-refractivity contribution in [3.63, 3.8) is 0 Å². The molecule has 116 valence electrons. The van der Waals surface area contributed by atoms with Crippen LogP contribution in [0.3, 0.4) is 0 Å². The Morgan fingerprint density at radius 3 is 2.17 bits per heavy atom. The number of hydrogen-bond acceptors (Lipinski definition) is 2. The van der Waals surface area contributed by atoms with Gasteiger partial charge in [-0.15, -0.1) is 0 Å². The molecule has 0 aliphatic rings. The van der Waals surface area contributed by atoms with Gasteiger partial charge in [-0.05, 0) is 35.4 Å². The van der Waals surface area contributed by atoms with Crippen molar-refractivity contribution in [3.8, 4) is 22.6 Å². The Morgan fingerprint density at radius 1 is 0.708 bits per heavy atom. The number of H-pyrrole nitrogens is 1. The third-order valence-electron chi connectivity index (χ3n) is 3.90. The summed E-state index contributed by atoms with van der Waals surface area (Å²) >= 11 is 0. The van der Waals surface area contributed by atoms with Crippen LogP contribution in [0.4, 0.5) is 0 Å². The normalized spacial score (nSPS) is 10.7. The lowest BCUT2D eigenvalue weighted by Gasteiger charge is -2.09. The van der Waals surface area contributed by atoms with Gasteiger partial charge in [-0.3, -0.25) is 4.79 Å². The van der Waals surface area contributed by atoms with Gasteiger partial charge in [0.2, 0.25) is 0 Å². The van der Waals surface area contributed by atoms with Crippen LogP contribution in [-0.4, -0.2) is 4.98 Å². The molecule has 1 aromatic heterocycles. The molecule has 3 heteroatoms. The monoisotopic (exact) mass is 313 g/mol. The van der Waals surface area contributed by atoms with Crippen molar-refractivity contribution in [3.05, 3.63) is 95.3 Å². The van der Waals surface area contributed by atoms with Gasteiger partial charge in [0, 0.05) is 11.5 Å². The average molecular weight is 313 g/mol. The molecule has 0 radical (unpaired) electrons. The highest BCUT2D eigenvalue weighted by molar-refractivity contribution is 5.84. The predicted molar refractivity (Wildman–Crippen MR) is 96.5 cm³/mol. The molecule has 0 aliphatic carbocycles. The van der Waals surface area contributed by atoms with Crippen molar-refractivity contribution in [1.82, 2.24) is 4.98 Å². The minimum absolute atomic E-state index is 0.176. The standard InChI is InChI=1S/C21H15NO2/c23-21-14-20(18-8-4-5-9-19(18)22-21)24-17-12-10-16(11-13-17)15-6-2-1-3-7-15/h1-14H,(H,22,23). The fraction of sp³-hybridized carbons (Fsp3) is 0. The van der Waals surface area contributed by atoms with Gasteiger partial charge in [0.25, 0.3) is 5.56 Å². The number of nitrogens with one attached hydrogen (secondary N) is 1. The molecule has 24 heavy (non-hydrogen) atoms. The van der Waals surface area contributed by atoms with Crippen molar-refractivity contribution < 1.29 is 4.74 Å². The van der Waals surface area contributed by atoms with Crippen LogP contribution < -0.4 is 10.3 Å². The zero-order valence-corrected chi connectivity index (χ0v) is 12.9. The second-order valence-electron chi connectivity index (χ2n) is 5.54. The molecule has 1 N–H and O–H groups in total. The van der Waals surface area contributed by atoms with E-state index < -0.39 is 0 Å². The van der Waals surface area contributed by atoms with Gasteiger partial charge < -0.3 is 9.72 Å². The number of pyridine rings is 1. The highest BCUT2D eigenvalue weighted by Crippen LogP contribution is 2.29. The number of rotatable bonds is 3. The van der Waals surface area contributed by atoms with Crippen LogP contribution in [0.2, 0.25) is 0 Å². The number of fused-ring (bicyclic) bond motifs is 1. The molecule has 4 rings (SSSR count). The van der Waals surface area contributed by atoms with E-state index in [1.807, 2.05) is 66.7 Å². The van der Waals surface area contributed by atoms with E-state index in [0.29, 0.717) is 11.5 Å². The first-order valence-corrected chi connectivity index (χ1v) is 7.75. The van der Waals surface area contributed by atoms with Crippen LogP contribution in [0, 0.1) is 0 Å². The van der Waals surface area contributed by atoms with Gasteiger partial charge in [-0.1, -0.05) is 54.6 Å². The Kier molecular flexibility index (Phi) is 3.60. The Morgan fingerprint density at radius 2 is 1.38 bits per heavy atom. The Hall–Kier alpha value is -3.33.